The summed E-state index contributed by atoms with van der Waals surface area (Å²) in [7, 11) is -3.50. The Hall–Kier alpha value is -1.22. The van der Waals surface area contributed by atoms with Crippen LogP contribution in [0.1, 0.15) is 52.5 Å². The summed E-state index contributed by atoms with van der Waals surface area (Å²) in [6.45, 7) is 10.9. The van der Waals surface area contributed by atoms with Crippen LogP contribution in [0.4, 0.5) is 5.69 Å². The molecule has 8 heteroatoms. The van der Waals surface area contributed by atoms with Crippen LogP contribution in [0.25, 0.3) is 0 Å². The van der Waals surface area contributed by atoms with Crippen LogP contribution < -0.4 is 10.7 Å². The van der Waals surface area contributed by atoms with E-state index in [1.165, 1.54) is 10.7 Å². The second kappa shape index (κ2) is 9.32. The molecule has 0 saturated carbocycles. The molecular weight excluding hydrogens is 380 g/mol. The van der Waals surface area contributed by atoms with Gasteiger partial charge >= 0.3 is 0 Å². The summed E-state index contributed by atoms with van der Waals surface area (Å²) < 4.78 is 27.0. The van der Waals surface area contributed by atoms with E-state index in [1.54, 1.807) is 12.1 Å². The van der Waals surface area contributed by atoms with E-state index in [9.17, 15) is 8.42 Å². The van der Waals surface area contributed by atoms with Crippen LogP contribution in [-0.4, -0.2) is 48.0 Å². The van der Waals surface area contributed by atoms with Gasteiger partial charge in [0, 0.05) is 30.9 Å². The first-order valence-corrected chi connectivity index (χ1v) is 11.5. The largest absolute Gasteiger partial charge is 0.331 e. The molecule has 0 aromatic heterocycles. The zero-order valence-electron chi connectivity index (χ0n) is 16.9. The SMILES string of the molecule is CCN(CC)S(=O)(=O)c1ccc(C)c(NC(=S)NN2[C@H](C)CCC[C@@H]2C)c1. The van der Waals surface area contributed by atoms with Gasteiger partial charge < -0.3 is 5.32 Å². The number of sulfonamides is 1. The Balaban J connectivity index is 2.18. The zero-order chi connectivity index (χ0) is 20.2. The molecule has 1 fully saturated rings. The minimum absolute atomic E-state index is 0.279. The average molecular weight is 413 g/mol. The van der Waals surface area contributed by atoms with Gasteiger partial charge in [-0.3, -0.25) is 5.43 Å². The molecule has 0 bridgehead atoms. The van der Waals surface area contributed by atoms with Gasteiger partial charge in [0.2, 0.25) is 10.0 Å². The highest BCUT2D eigenvalue weighted by atomic mass is 32.2. The monoisotopic (exact) mass is 412 g/mol. The van der Waals surface area contributed by atoms with E-state index in [-0.39, 0.29) is 4.90 Å². The molecule has 1 heterocycles. The number of nitrogens with one attached hydrogen (secondary N) is 2. The number of rotatable bonds is 6. The Bertz CT molecular complexity index is 753. The summed E-state index contributed by atoms with van der Waals surface area (Å²) in [5.74, 6) is 0. The molecule has 2 rings (SSSR count). The standard InChI is InChI=1S/C19H32N4O2S2/c1-6-22(7-2)27(24,25)17-12-11-14(3)18(13-17)20-19(26)21-23-15(4)9-8-10-16(23)5/h11-13,15-16H,6-10H2,1-5H3,(H2,20,21,26)/t15-,16+. The highest BCUT2D eigenvalue weighted by molar-refractivity contribution is 7.89. The van der Waals surface area contributed by atoms with Gasteiger partial charge in [0.1, 0.15) is 0 Å². The number of hydrazine groups is 1. The van der Waals surface area contributed by atoms with E-state index in [0.717, 1.165) is 18.4 Å². The summed E-state index contributed by atoms with van der Waals surface area (Å²) >= 11 is 5.49. The smallest absolute Gasteiger partial charge is 0.243 e. The van der Waals surface area contributed by atoms with Crippen molar-refractivity contribution in [2.75, 3.05) is 18.4 Å². The van der Waals surface area contributed by atoms with Gasteiger partial charge in [-0.2, -0.15) is 4.31 Å². The fourth-order valence-corrected chi connectivity index (χ4v) is 5.22. The van der Waals surface area contributed by atoms with Gasteiger partial charge in [-0.15, -0.1) is 0 Å². The van der Waals surface area contributed by atoms with E-state index in [2.05, 4.69) is 29.6 Å². The van der Waals surface area contributed by atoms with Gasteiger partial charge in [-0.25, -0.2) is 13.4 Å². The van der Waals surface area contributed by atoms with Crippen molar-refractivity contribution in [2.24, 2.45) is 0 Å². The topological polar surface area (TPSA) is 64.7 Å². The van der Waals surface area contributed by atoms with Crippen LogP contribution >= 0.6 is 12.2 Å². The predicted octanol–water partition coefficient (Wildman–Crippen LogP) is 3.49. The molecule has 0 aliphatic carbocycles. The van der Waals surface area contributed by atoms with Crippen molar-refractivity contribution in [2.45, 2.75) is 70.9 Å². The summed E-state index contributed by atoms with van der Waals surface area (Å²) in [5, 5.41) is 5.85. The number of anilines is 1. The zero-order valence-corrected chi connectivity index (χ0v) is 18.6. The molecular formula is C19H32N4O2S2. The van der Waals surface area contributed by atoms with Crippen LogP contribution in [0, 0.1) is 6.92 Å². The van der Waals surface area contributed by atoms with Crippen LogP contribution in [-0.2, 0) is 10.0 Å². The first kappa shape index (κ1) is 22.1. The highest BCUT2D eigenvalue weighted by Gasteiger charge is 2.26. The molecule has 0 radical (unpaired) electrons. The molecule has 152 valence electrons. The number of hydrogen-bond donors (Lipinski definition) is 2. The number of aryl methyl sites for hydroxylation is 1. The molecule has 1 aliphatic heterocycles. The molecule has 27 heavy (non-hydrogen) atoms. The second-order valence-corrected chi connectivity index (χ2v) is 9.51. The number of benzene rings is 1. The van der Waals surface area contributed by atoms with E-state index in [4.69, 9.17) is 12.2 Å². The second-order valence-electron chi connectivity index (χ2n) is 7.17. The van der Waals surface area contributed by atoms with Gasteiger partial charge in [0.05, 0.1) is 4.90 Å². The minimum Gasteiger partial charge on any atom is -0.331 e. The van der Waals surface area contributed by atoms with Crippen molar-refractivity contribution in [3.05, 3.63) is 23.8 Å². The Morgan fingerprint density at radius 3 is 2.37 bits per heavy atom. The number of hydrogen-bond acceptors (Lipinski definition) is 4. The summed E-state index contributed by atoms with van der Waals surface area (Å²) in [6, 6.07) is 5.94. The number of nitrogens with zero attached hydrogens (tertiary/aromatic N) is 2. The third kappa shape index (κ3) is 5.19. The Morgan fingerprint density at radius 2 is 1.81 bits per heavy atom. The van der Waals surface area contributed by atoms with Gasteiger partial charge in [0.25, 0.3) is 0 Å². The molecule has 0 amide bonds. The van der Waals surface area contributed by atoms with Gasteiger partial charge in [-0.1, -0.05) is 26.3 Å². The predicted molar refractivity (Wildman–Crippen MR) is 115 cm³/mol. The van der Waals surface area contributed by atoms with Crippen molar-refractivity contribution < 1.29 is 8.42 Å². The van der Waals surface area contributed by atoms with Crippen molar-refractivity contribution in [1.82, 2.24) is 14.7 Å². The lowest BCUT2D eigenvalue weighted by atomic mass is 10.00. The molecule has 1 aliphatic rings. The Kier molecular flexibility index (Phi) is 7.62. The maximum Gasteiger partial charge on any atom is 0.243 e. The van der Waals surface area contributed by atoms with Crippen molar-refractivity contribution >= 4 is 33.0 Å². The lowest BCUT2D eigenvalue weighted by Gasteiger charge is -2.39. The van der Waals surface area contributed by atoms with Crippen LogP contribution in [0.15, 0.2) is 23.1 Å². The average Bonchev–Trinajstić information content (AvgIpc) is 2.61. The molecule has 1 saturated heterocycles. The van der Waals surface area contributed by atoms with Gasteiger partial charge in [0.15, 0.2) is 5.11 Å². The van der Waals surface area contributed by atoms with Crippen LogP contribution in [0.3, 0.4) is 0 Å². The number of piperidine rings is 1. The van der Waals surface area contributed by atoms with E-state index in [0.29, 0.717) is 36.0 Å². The first-order chi connectivity index (χ1) is 12.7. The molecule has 1 aromatic carbocycles. The molecule has 2 N–H and O–H groups in total. The summed E-state index contributed by atoms with van der Waals surface area (Å²) in [5.41, 5.74) is 4.94. The Morgan fingerprint density at radius 1 is 1.22 bits per heavy atom. The fraction of sp³-hybridized carbons (Fsp3) is 0.632. The normalized spacial score (nSPS) is 21.3. The molecule has 0 unspecified atom stereocenters. The summed E-state index contributed by atoms with van der Waals surface area (Å²) in [4.78, 5) is 0.279. The van der Waals surface area contributed by atoms with Crippen LogP contribution in [0.2, 0.25) is 0 Å². The maximum absolute atomic E-state index is 12.8. The highest BCUT2D eigenvalue weighted by Crippen LogP contribution is 2.24. The minimum atomic E-state index is -3.50. The fourth-order valence-electron chi connectivity index (χ4n) is 3.52. The van der Waals surface area contributed by atoms with Crippen molar-refractivity contribution in [3.8, 4) is 0 Å². The lowest BCUT2D eigenvalue weighted by Crippen LogP contribution is -2.55. The van der Waals surface area contributed by atoms with E-state index >= 15 is 0 Å². The van der Waals surface area contributed by atoms with Gasteiger partial charge in [-0.05, 0) is 63.5 Å². The number of thiocarbonyl (C=S) groups is 1. The molecule has 0 spiro atoms. The van der Waals surface area contributed by atoms with E-state index in [1.807, 2.05) is 26.8 Å². The lowest BCUT2D eigenvalue weighted by molar-refractivity contribution is 0.0750. The third-order valence-electron chi connectivity index (χ3n) is 5.22. The third-order valence-corrected chi connectivity index (χ3v) is 7.46. The van der Waals surface area contributed by atoms with Crippen LogP contribution in [0.5, 0.6) is 0 Å². The Labute approximate surface area is 169 Å². The molecule has 6 nitrogen and oxygen atoms in total. The quantitative estimate of drug-likeness (QED) is 0.698. The maximum atomic E-state index is 12.8. The van der Waals surface area contributed by atoms with Crippen molar-refractivity contribution in [3.63, 3.8) is 0 Å². The van der Waals surface area contributed by atoms with Crippen molar-refractivity contribution in [1.29, 1.82) is 0 Å². The molecule has 2 atom stereocenters. The van der Waals surface area contributed by atoms with E-state index < -0.39 is 10.0 Å². The molecule has 1 aromatic rings. The first-order valence-electron chi connectivity index (χ1n) is 9.67. The summed E-state index contributed by atoms with van der Waals surface area (Å²) in [6.07, 6.45) is 3.50.